The number of halogens is 1. The van der Waals surface area contributed by atoms with Gasteiger partial charge in [0.2, 0.25) is 0 Å². The summed E-state index contributed by atoms with van der Waals surface area (Å²) in [6, 6.07) is 5.60. The Morgan fingerprint density at radius 1 is 1.27 bits per heavy atom. The Morgan fingerprint density at radius 2 is 1.95 bits per heavy atom. The molecule has 1 aliphatic carbocycles. The van der Waals surface area contributed by atoms with Gasteiger partial charge >= 0.3 is 5.97 Å². The van der Waals surface area contributed by atoms with E-state index in [0.717, 1.165) is 0 Å². The minimum Gasteiger partial charge on any atom is -0.481 e. The number of aromatic nitrogens is 2. The van der Waals surface area contributed by atoms with Gasteiger partial charge in [-0.1, -0.05) is 0 Å². The molecule has 1 heterocycles. The fourth-order valence-corrected chi connectivity index (χ4v) is 2.50. The highest BCUT2D eigenvalue weighted by molar-refractivity contribution is 6.00. The molecule has 1 fully saturated rings. The zero-order valence-electron chi connectivity index (χ0n) is 11.5. The highest BCUT2D eigenvalue weighted by Crippen LogP contribution is 2.28. The molecular formula is C15H14FN3O3. The lowest BCUT2D eigenvalue weighted by atomic mass is 9.80. The number of carboxylic acid groups (broad SMARTS) is 1. The lowest BCUT2D eigenvalue weighted by molar-refractivity contribution is -0.145. The Morgan fingerprint density at radius 3 is 2.59 bits per heavy atom. The van der Waals surface area contributed by atoms with Crippen molar-refractivity contribution in [2.45, 2.75) is 18.9 Å². The Balaban J connectivity index is 1.71. The molecule has 0 unspecified atom stereocenters. The standard InChI is InChI=1S/C15H14FN3O3/c16-10-3-1-8(2-4-10)13-12(7-17-19-13)14(20)18-11-5-9(6-11)15(21)22/h1-4,7,9,11H,5-6H2,(H,17,19)(H,18,20)(H,21,22). The van der Waals surface area contributed by atoms with Gasteiger partial charge in [-0.3, -0.25) is 14.7 Å². The molecule has 1 amide bonds. The van der Waals surface area contributed by atoms with Crippen LogP contribution in [0.25, 0.3) is 11.3 Å². The molecule has 1 aromatic carbocycles. The fraction of sp³-hybridized carbons (Fsp3) is 0.267. The topological polar surface area (TPSA) is 95.1 Å². The number of aromatic amines is 1. The lowest BCUT2D eigenvalue weighted by Crippen LogP contribution is -2.46. The maximum atomic E-state index is 13.0. The second-order valence-electron chi connectivity index (χ2n) is 5.34. The molecule has 0 atom stereocenters. The van der Waals surface area contributed by atoms with Crippen LogP contribution in [0.15, 0.2) is 30.5 Å². The zero-order valence-corrected chi connectivity index (χ0v) is 11.5. The van der Waals surface area contributed by atoms with Crippen LogP contribution in [0.5, 0.6) is 0 Å². The summed E-state index contributed by atoms with van der Waals surface area (Å²) in [5.74, 6) is -1.89. The predicted octanol–water partition coefficient (Wildman–Crippen LogP) is 1.81. The Hall–Kier alpha value is -2.70. The molecule has 1 saturated carbocycles. The van der Waals surface area contributed by atoms with Crippen LogP contribution in [-0.4, -0.2) is 33.2 Å². The summed E-state index contributed by atoms with van der Waals surface area (Å²) in [7, 11) is 0. The highest BCUT2D eigenvalue weighted by Gasteiger charge is 2.35. The van der Waals surface area contributed by atoms with Crippen LogP contribution in [0.4, 0.5) is 4.39 Å². The van der Waals surface area contributed by atoms with Crippen LogP contribution in [0.1, 0.15) is 23.2 Å². The van der Waals surface area contributed by atoms with Crippen LogP contribution in [-0.2, 0) is 4.79 Å². The highest BCUT2D eigenvalue weighted by atomic mass is 19.1. The number of nitrogens with one attached hydrogen (secondary N) is 2. The van der Waals surface area contributed by atoms with Gasteiger partial charge in [-0.15, -0.1) is 0 Å². The summed E-state index contributed by atoms with van der Waals surface area (Å²) < 4.78 is 13.0. The average Bonchev–Trinajstić information content (AvgIpc) is 2.92. The molecule has 0 spiro atoms. The number of amides is 1. The van der Waals surface area contributed by atoms with Crippen LogP contribution in [0.2, 0.25) is 0 Å². The van der Waals surface area contributed by atoms with Crippen LogP contribution < -0.4 is 5.32 Å². The molecule has 2 aromatic rings. The molecule has 0 radical (unpaired) electrons. The summed E-state index contributed by atoms with van der Waals surface area (Å²) in [6.07, 6.45) is 2.27. The van der Waals surface area contributed by atoms with E-state index in [1.807, 2.05) is 0 Å². The van der Waals surface area contributed by atoms with E-state index in [-0.39, 0.29) is 23.7 Å². The first-order chi connectivity index (χ1) is 10.5. The summed E-state index contributed by atoms with van der Waals surface area (Å²) in [6.45, 7) is 0. The molecule has 0 aliphatic heterocycles. The number of H-pyrrole nitrogens is 1. The number of nitrogens with zero attached hydrogens (tertiary/aromatic N) is 1. The van der Waals surface area contributed by atoms with E-state index in [1.54, 1.807) is 12.1 Å². The van der Waals surface area contributed by atoms with E-state index in [0.29, 0.717) is 29.7 Å². The summed E-state index contributed by atoms with van der Waals surface area (Å²) in [5.41, 5.74) is 1.51. The molecule has 6 nitrogen and oxygen atoms in total. The van der Waals surface area contributed by atoms with Crippen LogP contribution in [0, 0.1) is 11.7 Å². The Labute approximate surface area is 125 Å². The van der Waals surface area contributed by atoms with Crippen molar-refractivity contribution in [1.82, 2.24) is 15.5 Å². The number of carbonyl (C=O) groups excluding carboxylic acids is 1. The smallest absolute Gasteiger partial charge is 0.306 e. The van der Waals surface area contributed by atoms with Crippen molar-refractivity contribution in [1.29, 1.82) is 0 Å². The number of carbonyl (C=O) groups is 2. The summed E-state index contributed by atoms with van der Waals surface area (Å²) in [4.78, 5) is 23.0. The molecule has 1 aliphatic rings. The van der Waals surface area contributed by atoms with E-state index in [2.05, 4.69) is 15.5 Å². The van der Waals surface area contributed by atoms with Crippen LogP contribution >= 0.6 is 0 Å². The molecule has 0 bridgehead atoms. The van der Waals surface area contributed by atoms with E-state index >= 15 is 0 Å². The van der Waals surface area contributed by atoms with E-state index in [9.17, 15) is 14.0 Å². The van der Waals surface area contributed by atoms with Crippen molar-refractivity contribution in [2.24, 2.45) is 5.92 Å². The molecule has 3 N–H and O–H groups in total. The van der Waals surface area contributed by atoms with Gasteiger partial charge in [-0.25, -0.2) is 4.39 Å². The van der Waals surface area contributed by atoms with Gasteiger partial charge in [0, 0.05) is 11.6 Å². The van der Waals surface area contributed by atoms with E-state index in [1.165, 1.54) is 18.3 Å². The van der Waals surface area contributed by atoms with Crippen molar-refractivity contribution in [3.63, 3.8) is 0 Å². The van der Waals surface area contributed by atoms with Gasteiger partial charge in [0.25, 0.3) is 5.91 Å². The third-order valence-corrected chi connectivity index (χ3v) is 3.84. The minimum atomic E-state index is -0.833. The van der Waals surface area contributed by atoms with Crippen molar-refractivity contribution >= 4 is 11.9 Å². The largest absolute Gasteiger partial charge is 0.481 e. The Kier molecular flexibility index (Phi) is 3.62. The number of hydrogen-bond donors (Lipinski definition) is 3. The van der Waals surface area contributed by atoms with E-state index < -0.39 is 5.97 Å². The molecule has 7 heteroatoms. The lowest BCUT2D eigenvalue weighted by Gasteiger charge is -2.32. The van der Waals surface area contributed by atoms with Crippen LogP contribution in [0.3, 0.4) is 0 Å². The van der Waals surface area contributed by atoms with Gasteiger partial charge in [0.05, 0.1) is 23.4 Å². The molecule has 3 rings (SSSR count). The number of hydrogen-bond acceptors (Lipinski definition) is 3. The second kappa shape index (κ2) is 5.59. The number of carboxylic acids is 1. The molecule has 0 saturated heterocycles. The average molecular weight is 303 g/mol. The zero-order chi connectivity index (χ0) is 15.7. The number of rotatable bonds is 4. The first-order valence-corrected chi connectivity index (χ1v) is 6.87. The first kappa shape index (κ1) is 14.2. The normalized spacial score (nSPS) is 20.2. The molecular weight excluding hydrogens is 289 g/mol. The van der Waals surface area contributed by atoms with Gasteiger partial charge in [-0.2, -0.15) is 5.10 Å². The van der Waals surface area contributed by atoms with Crippen molar-refractivity contribution in [3.05, 3.63) is 41.8 Å². The molecule has 114 valence electrons. The SMILES string of the molecule is O=C(NC1CC(C(=O)O)C1)c1cn[nH]c1-c1ccc(F)cc1. The molecule has 22 heavy (non-hydrogen) atoms. The van der Waals surface area contributed by atoms with Gasteiger partial charge in [0.15, 0.2) is 0 Å². The van der Waals surface area contributed by atoms with Gasteiger partial charge in [0.1, 0.15) is 5.82 Å². The quantitative estimate of drug-likeness (QED) is 0.802. The monoisotopic (exact) mass is 303 g/mol. The third kappa shape index (κ3) is 2.69. The summed E-state index contributed by atoms with van der Waals surface area (Å²) >= 11 is 0. The maximum absolute atomic E-state index is 13.0. The Bertz CT molecular complexity index is 705. The van der Waals surface area contributed by atoms with Crippen molar-refractivity contribution in [2.75, 3.05) is 0 Å². The number of benzene rings is 1. The maximum Gasteiger partial charge on any atom is 0.306 e. The first-order valence-electron chi connectivity index (χ1n) is 6.87. The van der Waals surface area contributed by atoms with Gasteiger partial charge < -0.3 is 10.4 Å². The fourth-order valence-electron chi connectivity index (χ4n) is 2.50. The van der Waals surface area contributed by atoms with Crippen molar-refractivity contribution < 1.29 is 19.1 Å². The van der Waals surface area contributed by atoms with Gasteiger partial charge in [-0.05, 0) is 37.1 Å². The molecule has 1 aromatic heterocycles. The third-order valence-electron chi connectivity index (χ3n) is 3.84. The van der Waals surface area contributed by atoms with E-state index in [4.69, 9.17) is 5.11 Å². The predicted molar refractivity (Wildman–Crippen MR) is 75.6 cm³/mol. The number of aliphatic carboxylic acids is 1. The van der Waals surface area contributed by atoms with Crippen molar-refractivity contribution in [3.8, 4) is 11.3 Å². The second-order valence-corrected chi connectivity index (χ2v) is 5.34. The minimum absolute atomic E-state index is 0.135. The summed E-state index contributed by atoms with van der Waals surface area (Å²) in [5, 5.41) is 18.2.